The van der Waals surface area contributed by atoms with Gasteiger partial charge in [-0.05, 0) is 42.5 Å². The number of carbonyl (C=O) groups is 1. The summed E-state index contributed by atoms with van der Waals surface area (Å²) in [6.45, 7) is 0. The van der Waals surface area contributed by atoms with Crippen LogP contribution >= 0.6 is 35.2 Å². The second kappa shape index (κ2) is 6.97. The summed E-state index contributed by atoms with van der Waals surface area (Å²) in [5.41, 5.74) is 1.23. The van der Waals surface area contributed by atoms with Crippen molar-refractivity contribution < 1.29 is 4.79 Å². The van der Waals surface area contributed by atoms with E-state index in [9.17, 15) is 4.79 Å². The number of hydrogen-bond acceptors (Lipinski definition) is 4. The molecular weight excluding hydrogens is 362 g/mol. The van der Waals surface area contributed by atoms with Gasteiger partial charge in [0.25, 0.3) is 5.91 Å². The fraction of sp³-hybridized carbons (Fsp3) is 0. The number of benzene rings is 2. The lowest BCUT2D eigenvalue weighted by Crippen LogP contribution is -2.33. The summed E-state index contributed by atoms with van der Waals surface area (Å²) in [6, 6.07) is 16.3. The summed E-state index contributed by atoms with van der Waals surface area (Å²) in [5, 5.41) is 15.7. The van der Waals surface area contributed by atoms with Crippen molar-refractivity contribution in [2.75, 3.05) is 5.32 Å². The third-order valence-electron chi connectivity index (χ3n) is 3.24. The lowest BCUT2D eigenvalue weighted by molar-refractivity contribution is 0.0982. The molecular formula is C17H10ClN3OS2. The van der Waals surface area contributed by atoms with Crippen molar-refractivity contribution in [3.8, 4) is 6.07 Å². The van der Waals surface area contributed by atoms with Crippen LogP contribution in [0.3, 0.4) is 0 Å². The summed E-state index contributed by atoms with van der Waals surface area (Å²) in [4.78, 5) is 12.8. The van der Waals surface area contributed by atoms with Gasteiger partial charge in [0.1, 0.15) is 4.88 Å². The molecule has 2 N–H and O–H groups in total. The number of thiocarbonyl (C=S) groups is 1. The molecule has 0 aliphatic carbocycles. The number of thiophene rings is 1. The maximum absolute atomic E-state index is 12.4. The molecule has 7 heteroatoms. The van der Waals surface area contributed by atoms with Crippen molar-refractivity contribution in [2.24, 2.45) is 0 Å². The van der Waals surface area contributed by atoms with E-state index in [1.807, 2.05) is 30.3 Å². The highest BCUT2D eigenvalue weighted by molar-refractivity contribution is 7.80. The van der Waals surface area contributed by atoms with Gasteiger partial charge in [-0.15, -0.1) is 11.3 Å². The van der Waals surface area contributed by atoms with Gasteiger partial charge in [0, 0.05) is 15.8 Å². The molecule has 3 rings (SSSR count). The van der Waals surface area contributed by atoms with Gasteiger partial charge in [-0.25, -0.2) is 0 Å². The molecule has 4 nitrogen and oxygen atoms in total. The zero-order chi connectivity index (χ0) is 17.1. The third-order valence-corrected chi connectivity index (χ3v) is 5.12. The highest BCUT2D eigenvalue weighted by atomic mass is 35.5. The Bertz CT molecular complexity index is 974. The highest BCUT2D eigenvalue weighted by Crippen LogP contribution is 2.34. The van der Waals surface area contributed by atoms with E-state index in [0.29, 0.717) is 21.2 Å². The molecule has 0 spiro atoms. The number of halogens is 1. The summed E-state index contributed by atoms with van der Waals surface area (Å²) in [5.74, 6) is -0.354. The number of nitriles is 1. The third kappa shape index (κ3) is 3.39. The highest BCUT2D eigenvalue weighted by Gasteiger charge is 2.17. The molecule has 1 amide bonds. The Kier molecular flexibility index (Phi) is 4.76. The number of rotatable bonds is 2. The second-order valence-electron chi connectivity index (χ2n) is 4.84. The predicted octanol–water partition coefficient (Wildman–Crippen LogP) is 4.55. The molecule has 2 aromatic carbocycles. The van der Waals surface area contributed by atoms with Gasteiger partial charge in [-0.3, -0.25) is 10.1 Å². The van der Waals surface area contributed by atoms with Gasteiger partial charge < -0.3 is 5.32 Å². The molecule has 0 aliphatic heterocycles. The Labute approximate surface area is 152 Å². The smallest absolute Gasteiger partial charge is 0.269 e. The van der Waals surface area contributed by atoms with Crippen molar-refractivity contribution >= 4 is 61.9 Å². The van der Waals surface area contributed by atoms with Gasteiger partial charge >= 0.3 is 0 Å². The van der Waals surface area contributed by atoms with Gasteiger partial charge in [0.05, 0.1) is 16.7 Å². The minimum Gasteiger partial charge on any atom is -0.332 e. The fourth-order valence-corrected chi connectivity index (χ4v) is 3.73. The van der Waals surface area contributed by atoms with Crippen molar-refractivity contribution in [3.05, 3.63) is 64.0 Å². The molecule has 0 unspecified atom stereocenters. The van der Waals surface area contributed by atoms with E-state index in [-0.39, 0.29) is 11.0 Å². The minimum atomic E-state index is -0.354. The number of nitrogens with one attached hydrogen (secondary N) is 2. The molecule has 1 aromatic heterocycles. The largest absolute Gasteiger partial charge is 0.332 e. The van der Waals surface area contributed by atoms with Gasteiger partial charge in [-0.2, -0.15) is 5.26 Å². The van der Waals surface area contributed by atoms with E-state index in [1.54, 1.807) is 24.3 Å². The molecule has 0 bridgehead atoms. The first-order valence-corrected chi connectivity index (χ1v) is 8.48. The van der Waals surface area contributed by atoms with Crippen molar-refractivity contribution in [2.45, 2.75) is 0 Å². The van der Waals surface area contributed by atoms with Crippen LogP contribution in [0.4, 0.5) is 5.69 Å². The van der Waals surface area contributed by atoms with E-state index in [2.05, 4.69) is 10.6 Å². The van der Waals surface area contributed by atoms with Crippen LogP contribution in [0.15, 0.2) is 48.5 Å². The van der Waals surface area contributed by atoms with Gasteiger partial charge in [0.2, 0.25) is 0 Å². The van der Waals surface area contributed by atoms with Gasteiger partial charge in [0.15, 0.2) is 5.11 Å². The number of fused-ring (bicyclic) bond motifs is 1. The second-order valence-corrected chi connectivity index (χ2v) is 6.68. The van der Waals surface area contributed by atoms with E-state index in [1.165, 1.54) is 11.3 Å². The Morgan fingerprint density at radius 1 is 1.17 bits per heavy atom. The molecule has 0 atom stereocenters. The van der Waals surface area contributed by atoms with Crippen molar-refractivity contribution in [1.82, 2.24) is 5.32 Å². The Morgan fingerprint density at radius 2 is 1.88 bits per heavy atom. The van der Waals surface area contributed by atoms with Crippen molar-refractivity contribution in [3.63, 3.8) is 0 Å². The van der Waals surface area contributed by atoms with Crippen LogP contribution in [0.25, 0.3) is 10.1 Å². The Hall–Kier alpha value is -2.46. The molecule has 3 aromatic rings. The predicted molar refractivity (Wildman–Crippen MR) is 102 cm³/mol. The number of carbonyl (C=O) groups excluding carboxylic acids is 1. The van der Waals surface area contributed by atoms with Crippen LogP contribution < -0.4 is 10.6 Å². The summed E-state index contributed by atoms with van der Waals surface area (Å²) in [7, 11) is 0. The first-order chi connectivity index (χ1) is 11.6. The first-order valence-electron chi connectivity index (χ1n) is 6.88. The maximum atomic E-state index is 12.4. The monoisotopic (exact) mass is 371 g/mol. The van der Waals surface area contributed by atoms with Crippen LogP contribution in [0, 0.1) is 11.3 Å². The minimum absolute atomic E-state index is 0.165. The van der Waals surface area contributed by atoms with Crippen LogP contribution in [-0.2, 0) is 0 Å². The average Bonchev–Trinajstić information content (AvgIpc) is 2.93. The number of anilines is 1. The van der Waals surface area contributed by atoms with Crippen LogP contribution in [0.2, 0.25) is 5.02 Å². The van der Waals surface area contributed by atoms with Crippen LogP contribution in [-0.4, -0.2) is 11.0 Å². The Morgan fingerprint density at radius 3 is 2.54 bits per heavy atom. The molecule has 0 fully saturated rings. The molecule has 0 saturated heterocycles. The Balaban J connectivity index is 1.72. The number of nitrogens with zero attached hydrogens (tertiary/aromatic N) is 1. The summed E-state index contributed by atoms with van der Waals surface area (Å²) >= 11 is 12.8. The maximum Gasteiger partial charge on any atom is 0.269 e. The van der Waals surface area contributed by atoms with Gasteiger partial charge in [-0.1, -0.05) is 29.8 Å². The summed E-state index contributed by atoms with van der Waals surface area (Å²) < 4.78 is 0.943. The summed E-state index contributed by atoms with van der Waals surface area (Å²) in [6.07, 6.45) is 0. The zero-order valence-corrected chi connectivity index (χ0v) is 14.6. The molecule has 1 heterocycles. The zero-order valence-electron chi connectivity index (χ0n) is 12.2. The SMILES string of the molecule is N#Cc1ccc(NC(=S)NC(=O)c2sc3ccccc3c2Cl)cc1. The molecule has 24 heavy (non-hydrogen) atoms. The van der Waals surface area contributed by atoms with Crippen LogP contribution in [0.5, 0.6) is 0 Å². The normalized spacial score (nSPS) is 10.2. The topological polar surface area (TPSA) is 64.9 Å². The number of hydrogen-bond donors (Lipinski definition) is 2. The van der Waals surface area contributed by atoms with Crippen molar-refractivity contribution in [1.29, 1.82) is 5.26 Å². The molecule has 0 aliphatic rings. The first kappa shape index (κ1) is 16.4. The standard InChI is InChI=1S/C17H10ClN3OS2/c18-14-12-3-1-2-4-13(12)24-15(14)16(22)21-17(23)20-11-7-5-10(9-19)6-8-11/h1-8H,(H2,20,21,22,23). The number of amides is 1. The van der Waals surface area contributed by atoms with Crippen LogP contribution in [0.1, 0.15) is 15.2 Å². The molecule has 118 valence electrons. The lowest BCUT2D eigenvalue weighted by Gasteiger charge is -2.09. The average molecular weight is 372 g/mol. The molecule has 0 saturated carbocycles. The fourth-order valence-electron chi connectivity index (χ4n) is 2.11. The van der Waals surface area contributed by atoms with E-state index >= 15 is 0 Å². The van der Waals surface area contributed by atoms with E-state index in [4.69, 9.17) is 29.1 Å². The molecule has 0 radical (unpaired) electrons. The lowest BCUT2D eigenvalue weighted by atomic mass is 10.2. The quantitative estimate of drug-likeness (QED) is 0.648. The van der Waals surface area contributed by atoms with E-state index in [0.717, 1.165) is 10.1 Å². The van der Waals surface area contributed by atoms with E-state index < -0.39 is 0 Å².